The van der Waals surface area contributed by atoms with E-state index in [-0.39, 0.29) is 5.82 Å². The molecule has 0 bridgehead atoms. The van der Waals surface area contributed by atoms with Crippen molar-refractivity contribution in [2.75, 3.05) is 12.4 Å². The normalized spacial score (nSPS) is 11.6. The summed E-state index contributed by atoms with van der Waals surface area (Å²) in [5, 5.41) is 7.34. The van der Waals surface area contributed by atoms with E-state index >= 15 is 0 Å². The van der Waals surface area contributed by atoms with Crippen molar-refractivity contribution in [3.8, 4) is 0 Å². The van der Waals surface area contributed by atoms with Gasteiger partial charge in [0, 0.05) is 16.3 Å². The number of benzene rings is 1. The summed E-state index contributed by atoms with van der Waals surface area (Å²) in [5.74, 6) is -0.804. The zero-order valence-electron chi connectivity index (χ0n) is 9.88. The molecule has 7 heteroatoms. The van der Waals surface area contributed by atoms with E-state index in [1.807, 2.05) is 22.6 Å². The molecule has 1 aromatic carbocycles. The molecule has 1 aromatic rings. The molecular weight excluding hydrogens is 352 g/mol. The Kier molecular flexibility index (Phi) is 5.32. The molecule has 0 spiro atoms. The quantitative estimate of drug-likeness (QED) is 0.714. The molecular formula is C11H13FIN3O2. The van der Waals surface area contributed by atoms with E-state index in [1.165, 1.54) is 19.2 Å². The molecule has 0 aliphatic heterocycles. The number of hydrogen-bond donors (Lipinski definition) is 3. The van der Waals surface area contributed by atoms with Gasteiger partial charge >= 0.3 is 6.03 Å². The maximum absolute atomic E-state index is 12.9. The number of halogens is 2. The summed E-state index contributed by atoms with van der Waals surface area (Å²) in [6.07, 6.45) is 0. The van der Waals surface area contributed by atoms with Crippen LogP contribution in [0.25, 0.3) is 0 Å². The van der Waals surface area contributed by atoms with Gasteiger partial charge in [-0.2, -0.15) is 0 Å². The first-order valence-corrected chi connectivity index (χ1v) is 6.26. The highest BCUT2D eigenvalue weighted by atomic mass is 127. The maximum atomic E-state index is 12.9. The van der Waals surface area contributed by atoms with Gasteiger partial charge in [-0.25, -0.2) is 9.18 Å². The molecule has 1 unspecified atom stereocenters. The molecule has 3 amide bonds. The van der Waals surface area contributed by atoms with Crippen LogP contribution in [-0.2, 0) is 4.79 Å². The van der Waals surface area contributed by atoms with Crippen molar-refractivity contribution in [2.24, 2.45) is 0 Å². The van der Waals surface area contributed by atoms with Gasteiger partial charge in [0.25, 0.3) is 0 Å². The van der Waals surface area contributed by atoms with Crippen LogP contribution in [0.15, 0.2) is 18.2 Å². The van der Waals surface area contributed by atoms with Gasteiger partial charge in [-0.1, -0.05) is 0 Å². The van der Waals surface area contributed by atoms with Crippen LogP contribution >= 0.6 is 22.6 Å². The van der Waals surface area contributed by atoms with E-state index in [0.29, 0.717) is 9.26 Å². The molecule has 0 aliphatic rings. The van der Waals surface area contributed by atoms with Crippen molar-refractivity contribution in [1.29, 1.82) is 0 Å². The summed E-state index contributed by atoms with van der Waals surface area (Å²) in [7, 11) is 1.42. The van der Waals surface area contributed by atoms with Gasteiger partial charge in [0.05, 0.1) is 0 Å². The molecule has 98 valence electrons. The third-order valence-corrected chi connectivity index (χ3v) is 3.05. The number of urea groups is 1. The lowest BCUT2D eigenvalue weighted by atomic mass is 10.2. The topological polar surface area (TPSA) is 70.2 Å². The first kappa shape index (κ1) is 14.7. The number of amides is 3. The smallest absolute Gasteiger partial charge is 0.321 e. The van der Waals surface area contributed by atoms with E-state index in [0.717, 1.165) is 0 Å². The second-order valence-corrected chi connectivity index (χ2v) is 4.72. The minimum Gasteiger partial charge on any atom is -0.373 e. The number of anilines is 1. The van der Waals surface area contributed by atoms with E-state index < -0.39 is 18.0 Å². The average molecular weight is 365 g/mol. The van der Waals surface area contributed by atoms with E-state index in [1.54, 1.807) is 13.0 Å². The summed E-state index contributed by atoms with van der Waals surface area (Å²) >= 11 is 1.96. The van der Waals surface area contributed by atoms with Gasteiger partial charge in [-0.05, 0) is 47.7 Å². The lowest BCUT2D eigenvalue weighted by Crippen LogP contribution is -2.44. The Labute approximate surface area is 118 Å². The zero-order chi connectivity index (χ0) is 13.7. The predicted octanol–water partition coefficient (Wildman–Crippen LogP) is 1.69. The van der Waals surface area contributed by atoms with Crippen molar-refractivity contribution in [3.05, 3.63) is 27.6 Å². The number of carbonyl (C=O) groups is 2. The standard InChI is InChI=1S/C11H13FIN3O2/c1-6(10(17)16-11(18)14-2)15-9-4-3-7(12)5-8(9)13/h3-6,15H,1-2H3,(H2,14,16,17,18). The molecule has 1 rings (SSSR count). The lowest BCUT2D eigenvalue weighted by Gasteiger charge is -2.15. The fourth-order valence-corrected chi connectivity index (χ4v) is 1.82. The number of hydrogen-bond acceptors (Lipinski definition) is 3. The van der Waals surface area contributed by atoms with Crippen molar-refractivity contribution in [2.45, 2.75) is 13.0 Å². The Morgan fingerprint density at radius 2 is 2.06 bits per heavy atom. The van der Waals surface area contributed by atoms with Gasteiger partial charge in [0.2, 0.25) is 5.91 Å². The maximum Gasteiger partial charge on any atom is 0.321 e. The lowest BCUT2D eigenvalue weighted by molar-refractivity contribution is -0.120. The molecule has 0 fully saturated rings. The second kappa shape index (κ2) is 6.53. The number of carbonyl (C=O) groups excluding carboxylic acids is 2. The predicted molar refractivity (Wildman–Crippen MR) is 74.8 cm³/mol. The minimum absolute atomic E-state index is 0.340. The van der Waals surface area contributed by atoms with E-state index in [4.69, 9.17) is 0 Å². The van der Waals surface area contributed by atoms with Gasteiger partial charge < -0.3 is 10.6 Å². The Bertz CT molecular complexity index is 468. The highest BCUT2D eigenvalue weighted by molar-refractivity contribution is 14.1. The number of rotatable bonds is 3. The molecule has 18 heavy (non-hydrogen) atoms. The first-order chi connectivity index (χ1) is 8.43. The Balaban J connectivity index is 2.66. The number of nitrogens with one attached hydrogen (secondary N) is 3. The van der Waals surface area contributed by atoms with Crippen LogP contribution in [0.3, 0.4) is 0 Å². The molecule has 5 nitrogen and oxygen atoms in total. The van der Waals surface area contributed by atoms with Crippen LogP contribution in [0, 0.1) is 9.39 Å². The largest absolute Gasteiger partial charge is 0.373 e. The Morgan fingerprint density at radius 1 is 1.39 bits per heavy atom. The van der Waals surface area contributed by atoms with Crippen LogP contribution < -0.4 is 16.0 Å². The Hall–Kier alpha value is -1.38. The number of imide groups is 1. The average Bonchev–Trinajstić information content (AvgIpc) is 2.32. The van der Waals surface area contributed by atoms with Gasteiger partial charge in [0.1, 0.15) is 11.9 Å². The van der Waals surface area contributed by atoms with Crippen molar-refractivity contribution in [3.63, 3.8) is 0 Å². The summed E-state index contributed by atoms with van der Waals surface area (Å²) < 4.78 is 13.6. The fraction of sp³-hybridized carbons (Fsp3) is 0.273. The molecule has 0 aliphatic carbocycles. The van der Waals surface area contributed by atoms with Gasteiger partial charge in [-0.3, -0.25) is 10.1 Å². The van der Waals surface area contributed by atoms with Crippen molar-refractivity contribution >= 4 is 40.2 Å². The SMILES string of the molecule is CNC(=O)NC(=O)C(C)Nc1ccc(F)cc1I. The first-order valence-electron chi connectivity index (χ1n) is 5.18. The minimum atomic E-state index is -0.610. The molecule has 0 aromatic heterocycles. The third-order valence-electron chi connectivity index (χ3n) is 2.16. The van der Waals surface area contributed by atoms with Crippen molar-refractivity contribution < 1.29 is 14.0 Å². The zero-order valence-corrected chi connectivity index (χ0v) is 12.0. The van der Waals surface area contributed by atoms with Crippen LogP contribution in [0.5, 0.6) is 0 Å². The van der Waals surface area contributed by atoms with Crippen LogP contribution in [0.1, 0.15) is 6.92 Å². The van der Waals surface area contributed by atoms with Gasteiger partial charge in [-0.15, -0.1) is 0 Å². The van der Waals surface area contributed by atoms with Crippen LogP contribution in [-0.4, -0.2) is 25.0 Å². The van der Waals surface area contributed by atoms with Crippen LogP contribution in [0.4, 0.5) is 14.9 Å². The molecule has 0 saturated heterocycles. The van der Waals surface area contributed by atoms with Crippen LogP contribution in [0.2, 0.25) is 0 Å². The molecule has 0 saturated carbocycles. The Morgan fingerprint density at radius 3 is 2.61 bits per heavy atom. The summed E-state index contributed by atoms with van der Waals surface area (Å²) in [6, 6.07) is 3.02. The molecule has 0 heterocycles. The highest BCUT2D eigenvalue weighted by Gasteiger charge is 2.15. The fourth-order valence-electron chi connectivity index (χ4n) is 1.19. The summed E-state index contributed by atoms with van der Waals surface area (Å²) in [4.78, 5) is 22.6. The highest BCUT2D eigenvalue weighted by Crippen LogP contribution is 2.19. The second-order valence-electron chi connectivity index (χ2n) is 3.56. The van der Waals surface area contributed by atoms with E-state index in [2.05, 4.69) is 16.0 Å². The molecule has 1 atom stereocenters. The monoisotopic (exact) mass is 365 g/mol. The third kappa shape index (κ3) is 4.13. The van der Waals surface area contributed by atoms with Crippen molar-refractivity contribution in [1.82, 2.24) is 10.6 Å². The summed E-state index contributed by atoms with van der Waals surface area (Å²) in [5.41, 5.74) is 0.636. The molecule has 3 N–H and O–H groups in total. The van der Waals surface area contributed by atoms with E-state index in [9.17, 15) is 14.0 Å². The summed E-state index contributed by atoms with van der Waals surface area (Å²) in [6.45, 7) is 1.61. The van der Waals surface area contributed by atoms with Gasteiger partial charge in [0.15, 0.2) is 0 Å². The molecule has 0 radical (unpaired) electrons.